The first-order valence-electron chi connectivity index (χ1n) is 4.77. The first kappa shape index (κ1) is 10.8. The Kier molecular flexibility index (Phi) is 2.71. The van der Waals surface area contributed by atoms with Crippen molar-refractivity contribution in [2.24, 2.45) is 0 Å². The lowest BCUT2D eigenvalue weighted by atomic mass is 10.2. The second-order valence-electron chi connectivity index (χ2n) is 3.44. The minimum absolute atomic E-state index is 0.292. The molecular weight excluding hydrogens is 226 g/mol. The number of carbonyl (C=O) groups is 1. The number of carboxylic acids is 1. The van der Waals surface area contributed by atoms with Gasteiger partial charge in [-0.2, -0.15) is 0 Å². The minimum atomic E-state index is -0.927. The van der Waals surface area contributed by atoms with E-state index in [9.17, 15) is 4.79 Å². The number of nitrogens with zero attached hydrogens (tertiary/aromatic N) is 1. The molecule has 0 unspecified atom stereocenters. The summed E-state index contributed by atoms with van der Waals surface area (Å²) >= 11 is 6.05. The van der Waals surface area contributed by atoms with Crippen LogP contribution < -0.4 is 0 Å². The predicted octanol–water partition coefficient (Wildman–Crippen LogP) is 3.14. The molecule has 1 N–H and O–H groups in total. The van der Waals surface area contributed by atoms with Crippen molar-refractivity contribution >= 4 is 17.6 Å². The summed E-state index contributed by atoms with van der Waals surface area (Å²) < 4.78 is 1.77. The Morgan fingerprint density at radius 1 is 1.31 bits per heavy atom. The van der Waals surface area contributed by atoms with Crippen molar-refractivity contribution in [2.75, 3.05) is 0 Å². The molecule has 82 valence electrons. The van der Waals surface area contributed by atoms with Crippen LogP contribution >= 0.6 is 11.6 Å². The van der Waals surface area contributed by atoms with Crippen LogP contribution in [0.5, 0.6) is 0 Å². The number of halogens is 1. The molecule has 0 aliphatic rings. The van der Waals surface area contributed by atoms with Crippen LogP contribution in [0.4, 0.5) is 0 Å². The Labute approximate surface area is 97.9 Å². The second-order valence-corrected chi connectivity index (χ2v) is 3.85. The molecule has 2 aromatic rings. The maximum Gasteiger partial charge on any atom is 0.337 e. The van der Waals surface area contributed by atoms with Crippen LogP contribution in [0.1, 0.15) is 16.1 Å². The number of carboxylic acid groups (broad SMARTS) is 1. The van der Waals surface area contributed by atoms with E-state index < -0.39 is 5.97 Å². The predicted molar refractivity (Wildman–Crippen MR) is 62.5 cm³/mol. The highest BCUT2D eigenvalue weighted by Gasteiger charge is 2.13. The minimum Gasteiger partial charge on any atom is -0.478 e. The molecule has 4 heteroatoms. The molecule has 1 heterocycles. The van der Waals surface area contributed by atoms with E-state index in [1.807, 2.05) is 18.2 Å². The molecule has 3 nitrogen and oxygen atoms in total. The number of aromatic nitrogens is 1. The van der Waals surface area contributed by atoms with Crippen LogP contribution in [-0.2, 0) is 0 Å². The van der Waals surface area contributed by atoms with E-state index in [1.54, 1.807) is 29.8 Å². The summed E-state index contributed by atoms with van der Waals surface area (Å²) in [6.07, 6.45) is 1.71. The molecule has 16 heavy (non-hydrogen) atoms. The molecule has 0 saturated carbocycles. The van der Waals surface area contributed by atoms with E-state index in [2.05, 4.69) is 0 Å². The summed E-state index contributed by atoms with van der Waals surface area (Å²) in [5, 5.41) is 9.54. The van der Waals surface area contributed by atoms with E-state index >= 15 is 0 Å². The molecule has 0 spiro atoms. The maximum atomic E-state index is 10.9. The van der Waals surface area contributed by atoms with Crippen LogP contribution in [0.2, 0.25) is 5.02 Å². The van der Waals surface area contributed by atoms with Crippen molar-refractivity contribution < 1.29 is 9.90 Å². The lowest BCUT2D eigenvalue weighted by molar-refractivity contribution is 0.0696. The zero-order valence-electron chi connectivity index (χ0n) is 8.64. The van der Waals surface area contributed by atoms with E-state index in [4.69, 9.17) is 16.7 Å². The highest BCUT2D eigenvalue weighted by molar-refractivity contribution is 6.32. The molecule has 1 aromatic carbocycles. The topological polar surface area (TPSA) is 42.2 Å². The summed E-state index contributed by atoms with van der Waals surface area (Å²) in [5.74, 6) is -0.927. The van der Waals surface area contributed by atoms with Crippen molar-refractivity contribution in [2.45, 2.75) is 6.92 Å². The largest absolute Gasteiger partial charge is 0.478 e. The fourth-order valence-corrected chi connectivity index (χ4v) is 1.87. The lowest BCUT2D eigenvalue weighted by Crippen LogP contribution is -2.01. The van der Waals surface area contributed by atoms with Crippen LogP contribution in [0.25, 0.3) is 5.69 Å². The number of para-hydroxylation sites is 1. The molecule has 0 aliphatic heterocycles. The second kappa shape index (κ2) is 4.02. The summed E-state index contributed by atoms with van der Waals surface area (Å²) in [6, 6.07) is 8.89. The van der Waals surface area contributed by atoms with Gasteiger partial charge < -0.3 is 9.67 Å². The summed E-state index contributed by atoms with van der Waals surface area (Å²) in [4.78, 5) is 10.9. The standard InChI is InChI=1S/C12H10ClNO2/c1-8-9(12(15)16)6-7-14(8)11-5-3-2-4-10(11)13/h2-7H,1H3,(H,15,16). The summed E-state index contributed by atoms with van der Waals surface area (Å²) in [7, 11) is 0. The van der Waals surface area contributed by atoms with E-state index in [0.717, 1.165) is 5.69 Å². The van der Waals surface area contributed by atoms with Gasteiger partial charge in [-0.1, -0.05) is 23.7 Å². The van der Waals surface area contributed by atoms with Gasteiger partial charge in [-0.15, -0.1) is 0 Å². The van der Waals surface area contributed by atoms with Crippen LogP contribution in [0, 0.1) is 6.92 Å². The van der Waals surface area contributed by atoms with Crippen LogP contribution in [0.3, 0.4) is 0 Å². The van der Waals surface area contributed by atoms with Gasteiger partial charge in [-0.05, 0) is 25.1 Å². The van der Waals surface area contributed by atoms with Gasteiger partial charge in [0.2, 0.25) is 0 Å². The lowest BCUT2D eigenvalue weighted by Gasteiger charge is -2.08. The van der Waals surface area contributed by atoms with Crippen molar-refractivity contribution in [1.29, 1.82) is 0 Å². The van der Waals surface area contributed by atoms with Gasteiger partial charge >= 0.3 is 5.97 Å². The zero-order chi connectivity index (χ0) is 11.7. The number of rotatable bonds is 2. The number of hydrogen-bond donors (Lipinski definition) is 1. The smallest absolute Gasteiger partial charge is 0.337 e. The maximum absolute atomic E-state index is 10.9. The van der Waals surface area contributed by atoms with Gasteiger partial charge in [0.1, 0.15) is 0 Å². The van der Waals surface area contributed by atoms with Gasteiger partial charge in [-0.3, -0.25) is 0 Å². The fraction of sp³-hybridized carbons (Fsp3) is 0.0833. The molecule has 0 fully saturated rings. The highest BCUT2D eigenvalue weighted by atomic mass is 35.5. The molecule has 0 radical (unpaired) electrons. The normalized spacial score (nSPS) is 10.4. The molecular formula is C12H10ClNO2. The zero-order valence-corrected chi connectivity index (χ0v) is 9.40. The van der Waals surface area contributed by atoms with Crippen molar-refractivity contribution in [3.8, 4) is 5.69 Å². The third kappa shape index (κ3) is 1.70. The van der Waals surface area contributed by atoms with E-state index in [0.29, 0.717) is 16.3 Å². The molecule has 2 rings (SSSR count). The Morgan fingerprint density at radius 2 is 2.00 bits per heavy atom. The SMILES string of the molecule is Cc1c(C(=O)O)ccn1-c1ccccc1Cl. The Balaban J connectivity index is 2.58. The van der Waals surface area contributed by atoms with Crippen LogP contribution in [0.15, 0.2) is 36.5 Å². The van der Waals surface area contributed by atoms with E-state index in [1.165, 1.54) is 0 Å². The van der Waals surface area contributed by atoms with Crippen molar-refractivity contribution in [1.82, 2.24) is 4.57 Å². The Bertz CT molecular complexity index is 546. The molecule has 0 saturated heterocycles. The van der Waals surface area contributed by atoms with Gasteiger partial charge in [-0.25, -0.2) is 4.79 Å². The van der Waals surface area contributed by atoms with Crippen molar-refractivity contribution in [3.63, 3.8) is 0 Å². The van der Waals surface area contributed by atoms with Crippen molar-refractivity contribution in [3.05, 3.63) is 52.8 Å². The Hall–Kier alpha value is -1.74. The molecule has 0 atom stereocenters. The fourth-order valence-electron chi connectivity index (χ4n) is 1.65. The van der Waals surface area contributed by atoms with Crippen LogP contribution in [-0.4, -0.2) is 15.6 Å². The molecule has 0 aliphatic carbocycles. The number of hydrogen-bond acceptors (Lipinski definition) is 1. The summed E-state index contributed by atoms with van der Waals surface area (Å²) in [5.41, 5.74) is 1.75. The third-order valence-electron chi connectivity index (χ3n) is 2.48. The van der Waals surface area contributed by atoms with Gasteiger partial charge in [0.15, 0.2) is 0 Å². The quantitative estimate of drug-likeness (QED) is 0.869. The Morgan fingerprint density at radius 3 is 2.56 bits per heavy atom. The average Bonchev–Trinajstić information content (AvgIpc) is 2.61. The van der Waals surface area contributed by atoms with Gasteiger partial charge in [0.25, 0.3) is 0 Å². The average molecular weight is 236 g/mol. The molecule has 0 bridgehead atoms. The molecule has 1 aromatic heterocycles. The summed E-state index contributed by atoms with van der Waals surface area (Å²) in [6.45, 7) is 1.76. The molecule has 0 amide bonds. The highest BCUT2D eigenvalue weighted by Crippen LogP contribution is 2.23. The van der Waals surface area contributed by atoms with Gasteiger partial charge in [0.05, 0.1) is 16.3 Å². The number of aromatic carboxylic acids is 1. The first-order valence-corrected chi connectivity index (χ1v) is 5.15. The van der Waals surface area contributed by atoms with Gasteiger partial charge in [0, 0.05) is 11.9 Å². The third-order valence-corrected chi connectivity index (χ3v) is 2.80. The number of benzene rings is 1. The first-order chi connectivity index (χ1) is 7.61. The monoisotopic (exact) mass is 235 g/mol. The van der Waals surface area contributed by atoms with E-state index in [-0.39, 0.29) is 0 Å².